The number of oxime groups is 4. The standard InChI is InChI=1S/C47H73N7O10.C25H35N5O4/c1-31(2)29-38(50-44(57)61-46(5,6)7)42(55)63-52-40(48)34-14-18-36(19-15-34)59-27-11-13-33-22-25-54(26-23-33)24-12-28-60-37-20-16-35(17-21-37)41(49)53-64-43(56)39(30-32(3)4)51-45(58)62-47(8,9)10;26-24(28-31)20-4-8-22(9-5-20)33-17-1-3-19-12-15-30(16-13-19)14-2-18-34-23-10-6-21(7-11-23)25(27)29-32/h14-21,31-33,38-39H,11-13,22-30H2,1-10H3,(H2,48,52)(H2,49,53)(H,50,57)(H,51,58);4-11,19,31-32H,1-3,12-18H2,(H2,26,28)(H2,27,29)/t38-,39-;/m0./s1. The molecule has 26 heteroatoms. The molecule has 4 aromatic rings. The molecule has 2 aliphatic heterocycles. The number of amides is 2. The molecule has 2 amide bonds. The van der Waals surface area contributed by atoms with Crippen LogP contribution in [-0.4, -0.2) is 157 Å². The number of nitrogens with one attached hydrogen (secondary N) is 2. The smallest absolute Gasteiger partial charge is 0.408 e. The Balaban J connectivity index is 0.000000426. The number of likely N-dealkylation sites (tertiary alicyclic amines) is 2. The van der Waals surface area contributed by atoms with Gasteiger partial charge in [0.05, 0.1) is 26.4 Å². The third kappa shape index (κ3) is 31.4. The zero-order valence-corrected chi connectivity index (χ0v) is 59.0. The molecule has 4 aromatic carbocycles. The van der Waals surface area contributed by atoms with Crippen molar-refractivity contribution in [2.24, 2.45) is 67.2 Å². The second-order valence-electron chi connectivity index (χ2n) is 27.5. The number of carbonyl (C=O) groups excluding carboxylic acids is 4. The lowest BCUT2D eigenvalue weighted by Gasteiger charge is -2.32. The average Bonchev–Trinajstić information content (AvgIpc) is 0.946. The topological polar surface area (TPSA) is 367 Å². The molecule has 12 N–H and O–H groups in total. The Morgan fingerprint density at radius 1 is 0.459 bits per heavy atom. The number of hydrogen-bond acceptors (Lipinski definition) is 20. The number of rotatable bonds is 34. The molecule has 0 bridgehead atoms. The molecule has 98 heavy (non-hydrogen) atoms. The molecule has 6 rings (SSSR count). The molecule has 26 nitrogen and oxygen atoms in total. The Hall–Kier alpha value is -9.04. The Morgan fingerprint density at radius 3 is 1.00 bits per heavy atom. The summed E-state index contributed by atoms with van der Waals surface area (Å²) in [6.45, 7) is 27.1. The van der Waals surface area contributed by atoms with Crippen molar-refractivity contribution in [3.63, 3.8) is 0 Å². The largest absolute Gasteiger partial charge is 0.494 e. The van der Waals surface area contributed by atoms with Gasteiger partial charge in [0.2, 0.25) is 0 Å². The van der Waals surface area contributed by atoms with Gasteiger partial charge in [-0.1, -0.05) is 48.3 Å². The lowest BCUT2D eigenvalue weighted by molar-refractivity contribution is -0.147. The van der Waals surface area contributed by atoms with Crippen LogP contribution < -0.4 is 52.5 Å². The Labute approximate surface area is 578 Å². The molecule has 2 heterocycles. The van der Waals surface area contributed by atoms with E-state index in [0.717, 1.165) is 102 Å². The minimum Gasteiger partial charge on any atom is -0.494 e. The summed E-state index contributed by atoms with van der Waals surface area (Å²) < 4.78 is 34.1. The van der Waals surface area contributed by atoms with Crippen LogP contribution in [-0.2, 0) is 28.7 Å². The van der Waals surface area contributed by atoms with Gasteiger partial charge in [-0.25, -0.2) is 19.2 Å². The molecule has 540 valence electrons. The SMILES string of the molecule is CC(C)C[C@H](NC(=O)OC(C)(C)C)C(=O)O/N=C(\N)c1ccc(OCCCC2CCN(CCCOc3ccc(/C(N)=N/OC(=O)[C@H](CC(C)C)NC(=O)OC(C)(C)C)cc3)CC2)cc1.N/C(=N\O)c1ccc(OCCCC2CCN(CCCOc3ccc(/C(N)=N\O)cc3)CC2)cc1. The van der Waals surface area contributed by atoms with E-state index in [9.17, 15) is 19.2 Å². The minimum absolute atomic E-state index is 0.0169. The molecule has 0 aromatic heterocycles. The number of nitrogens with zero attached hydrogens (tertiary/aromatic N) is 6. The van der Waals surface area contributed by atoms with Gasteiger partial charge < -0.3 is 91.9 Å². The van der Waals surface area contributed by atoms with E-state index in [1.165, 1.54) is 19.3 Å². The zero-order valence-electron chi connectivity index (χ0n) is 59.0. The second kappa shape index (κ2) is 41.3. The summed E-state index contributed by atoms with van der Waals surface area (Å²) >= 11 is 0. The van der Waals surface area contributed by atoms with Gasteiger partial charge in [-0.2, -0.15) is 0 Å². The predicted octanol–water partition coefficient (Wildman–Crippen LogP) is 10.4. The molecule has 0 radical (unpaired) electrons. The van der Waals surface area contributed by atoms with Crippen molar-refractivity contribution >= 4 is 47.5 Å². The van der Waals surface area contributed by atoms with Crippen molar-refractivity contribution in [2.75, 3.05) is 65.7 Å². The quantitative estimate of drug-likeness (QED) is 0.00538. The molecule has 2 aliphatic rings. The van der Waals surface area contributed by atoms with Gasteiger partial charge in [-0.05, 0) is 266 Å². The summed E-state index contributed by atoms with van der Waals surface area (Å²) in [5.41, 5.74) is 24.4. The summed E-state index contributed by atoms with van der Waals surface area (Å²) in [7, 11) is 0. The van der Waals surface area contributed by atoms with Crippen LogP contribution >= 0.6 is 0 Å². The first-order valence-electron chi connectivity index (χ1n) is 34.1. The maximum atomic E-state index is 12.7. The number of hydrogen-bond donors (Lipinski definition) is 8. The maximum Gasteiger partial charge on any atom is 0.408 e. The third-order valence-corrected chi connectivity index (χ3v) is 15.9. The number of nitrogens with two attached hydrogens (primary N) is 4. The first-order chi connectivity index (χ1) is 46.6. The normalized spacial score (nSPS) is 15.5. The van der Waals surface area contributed by atoms with Crippen molar-refractivity contribution in [1.29, 1.82) is 0 Å². The lowest BCUT2D eigenvalue weighted by Crippen LogP contribution is -2.44. The van der Waals surface area contributed by atoms with E-state index >= 15 is 0 Å². The van der Waals surface area contributed by atoms with E-state index in [0.29, 0.717) is 78.9 Å². The fourth-order valence-corrected chi connectivity index (χ4v) is 10.8. The van der Waals surface area contributed by atoms with Gasteiger partial charge in [0, 0.05) is 35.3 Å². The van der Waals surface area contributed by atoms with Crippen LogP contribution in [0.2, 0.25) is 0 Å². The molecular weight excluding hydrogens is 1260 g/mol. The molecular formula is C72H108N12O14. The van der Waals surface area contributed by atoms with Crippen LogP contribution in [0.25, 0.3) is 0 Å². The first-order valence-corrected chi connectivity index (χ1v) is 34.1. The third-order valence-electron chi connectivity index (χ3n) is 15.9. The van der Waals surface area contributed by atoms with Crippen molar-refractivity contribution in [1.82, 2.24) is 20.4 Å². The van der Waals surface area contributed by atoms with E-state index in [1.54, 1.807) is 114 Å². The summed E-state index contributed by atoms with van der Waals surface area (Å²) in [5.74, 6) is 3.36. The van der Waals surface area contributed by atoms with E-state index in [4.69, 9.17) is 71.4 Å². The molecule has 2 saturated heterocycles. The van der Waals surface area contributed by atoms with E-state index in [-0.39, 0.29) is 35.2 Å². The van der Waals surface area contributed by atoms with E-state index in [1.807, 2.05) is 52.0 Å². The van der Waals surface area contributed by atoms with Gasteiger partial charge in [-0.3, -0.25) is 0 Å². The molecule has 0 aliphatic carbocycles. The highest BCUT2D eigenvalue weighted by atomic mass is 16.7. The van der Waals surface area contributed by atoms with Gasteiger partial charge in [0.1, 0.15) is 46.3 Å². The molecule has 2 fully saturated rings. The Kier molecular flexibility index (Phi) is 33.5. The van der Waals surface area contributed by atoms with Gasteiger partial charge >= 0.3 is 24.1 Å². The molecule has 0 saturated carbocycles. The van der Waals surface area contributed by atoms with Gasteiger partial charge in [0.25, 0.3) is 0 Å². The first kappa shape index (κ1) is 79.6. The second-order valence-corrected chi connectivity index (χ2v) is 27.5. The summed E-state index contributed by atoms with van der Waals surface area (Å²) in [6, 6.07) is 26.8. The van der Waals surface area contributed by atoms with Crippen molar-refractivity contribution in [3.8, 4) is 23.0 Å². The van der Waals surface area contributed by atoms with E-state index < -0.39 is 47.4 Å². The average molecular weight is 1370 g/mol. The summed E-state index contributed by atoms with van der Waals surface area (Å²) in [5, 5.41) is 36.1. The predicted molar refractivity (Wildman–Crippen MR) is 378 cm³/mol. The van der Waals surface area contributed by atoms with Gasteiger partial charge in [-0.15, -0.1) is 0 Å². The van der Waals surface area contributed by atoms with Crippen LogP contribution in [0.15, 0.2) is 118 Å². The highest BCUT2D eigenvalue weighted by Gasteiger charge is 2.29. The van der Waals surface area contributed by atoms with Crippen molar-refractivity contribution < 1.29 is 67.7 Å². The number of benzene rings is 4. The molecule has 0 unspecified atom stereocenters. The lowest BCUT2D eigenvalue weighted by atomic mass is 9.92. The minimum atomic E-state index is -0.940. The fourth-order valence-electron chi connectivity index (χ4n) is 10.8. The van der Waals surface area contributed by atoms with Crippen LogP contribution in [0.5, 0.6) is 23.0 Å². The van der Waals surface area contributed by atoms with Crippen molar-refractivity contribution in [2.45, 2.75) is 170 Å². The zero-order chi connectivity index (χ0) is 71.6. The summed E-state index contributed by atoms with van der Waals surface area (Å²) in [6.07, 6.45) is 10.1. The molecule has 0 spiro atoms. The van der Waals surface area contributed by atoms with Crippen LogP contribution in [0, 0.1) is 23.7 Å². The Morgan fingerprint density at radius 2 is 0.735 bits per heavy atom. The number of alkyl carbamates (subject to hydrolysis) is 2. The highest BCUT2D eigenvalue weighted by molar-refractivity contribution is 5.99. The van der Waals surface area contributed by atoms with Crippen LogP contribution in [0.4, 0.5) is 9.59 Å². The van der Waals surface area contributed by atoms with E-state index in [2.05, 4.69) is 41.1 Å². The monoisotopic (exact) mass is 1360 g/mol. The van der Waals surface area contributed by atoms with Gasteiger partial charge in [0.15, 0.2) is 23.3 Å². The molecule has 2 atom stereocenters. The number of amidine groups is 4. The fraction of sp³-hybridized carbons (Fsp3) is 0.556. The number of ether oxygens (including phenoxy) is 6. The van der Waals surface area contributed by atoms with Crippen LogP contribution in [0.3, 0.4) is 0 Å². The highest BCUT2D eigenvalue weighted by Crippen LogP contribution is 2.26. The number of carbonyl (C=O) groups is 4. The van der Waals surface area contributed by atoms with Crippen molar-refractivity contribution in [3.05, 3.63) is 119 Å². The Bertz CT molecular complexity index is 2940. The van der Waals surface area contributed by atoms with Crippen LogP contribution in [0.1, 0.15) is 169 Å². The summed E-state index contributed by atoms with van der Waals surface area (Å²) in [4.78, 5) is 65.2. The maximum absolute atomic E-state index is 12.7. The number of piperidine rings is 2.